The van der Waals surface area contributed by atoms with Crippen molar-refractivity contribution in [2.75, 3.05) is 18.2 Å². The second-order valence-corrected chi connectivity index (χ2v) is 6.20. The molecule has 0 unspecified atom stereocenters. The lowest BCUT2D eigenvalue weighted by molar-refractivity contribution is -0.120. The Kier molecular flexibility index (Phi) is 5.40. The van der Waals surface area contributed by atoms with Crippen molar-refractivity contribution in [2.24, 2.45) is 5.16 Å². The number of hydrogen-bond acceptors (Lipinski definition) is 5. The van der Waals surface area contributed by atoms with Gasteiger partial charge in [-0.15, -0.1) is 11.8 Å². The standard InChI is InChI=1S/C19H18N2O3S/c1-13(17-11-14-7-3-5-9-16(14)24-17)21-23-12-19(22)20-15-8-4-6-10-18(15)25-2/h3-11H,12H2,1-2H3,(H,20,22). The summed E-state index contributed by atoms with van der Waals surface area (Å²) >= 11 is 1.57. The van der Waals surface area contributed by atoms with E-state index in [-0.39, 0.29) is 12.5 Å². The summed E-state index contributed by atoms with van der Waals surface area (Å²) in [7, 11) is 0. The number of amides is 1. The van der Waals surface area contributed by atoms with Crippen LogP contribution in [0.3, 0.4) is 0 Å². The SMILES string of the molecule is CSc1ccccc1NC(=O)CON=C(C)c1cc2ccccc2o1. The molecule has 0 fully saturated rings. The van der Waals surface area contributed by atoms with E-state index in [1.807, 2.05) is 60.9 Å². The van der Waals surface area contributed by atoms with E-state index in [1.54, 1.807) is 18.7 Å². The van der Waals surface area contributed by atoms with Crippen LogP contribution in [0.5, 0.6) is 0 Å². The van der Waals surface area contributed by atoms with E-state index in [2.05, 4.69) is 10.5 Å². The highest BCUT2D eigenvalue weighted by molar-refractivity contribution is 7.98. The number of hydrogen-bond donors (Lipinski definition) is 1. The van der Waals surface area contributed by atoms with Gasteiger partial charge in [0, 0.05) is 10.3 Å². The highest BCUT2D eigenvalue weighted by Gasteiger charge is 2.09. The molecule has 128 valence electrons. The minimum atomic E-state index is -0.261. The Balaban J connectivity index is 1.59. The molecule has 0 saturated carbocycles. The third-order valence-electron chi connectivity index (χ3n) is 3.56. The number of thioether (sulfide) groups is 1. The number of benzene rings is 2. The zero-order valence-corrected chi connectivity index (χ0v) is 14.8. The van der Waals surface area contributed by atoms with Crippen molar-refractivity contribution in [2.45, 2.75) is 11.8 Å². The van der Waals surface area contributed by atoms with Crippen LogP contribution in [0.1, 0.15) is 12.7 Å². The predicted molar refractivity (Wildman–Crippen MR) is 101 cm³/mol. The van der Waals surface area contributed by atoms with Gasteiger partial charge in [-0.05, 0) is 37.4 Å². The van der Waals surface area contributed by atoms with Gasteiger partial charge in [-0.25, -0.2) is 0 Å². The summed E-state index contributed by atoms with van der Waals surface area (Å²) in [6, 6.07) is 17.2. The molecule has 25 heavy (non-hydrogen) atoms. The van der Waals surface area contributed by atoms with Crippen LogP contribution in [0.2, 0.25) is 0 Å². The molecule has 0 aliphatic heterocycles. The summed E-state index contributed by atoms with van der Waals surface area (Å²) in [5.74, 6) is 0.358. The minimum absolute atomic E-state index is 0.166. The molecule has 0 radical (unpaired) electrons. The predicted octanol–water partition coefficient (Wildman–Crippen LogP) is 4.53. The maximum absolute atomic E-state index is 12.0. The van der Waals surface area contributed by atoms with Crippen LogP contribution in [-0.2, 0) is 9.63 Å². The van der Waals surface area contributed by atoms with E-state index in [0.29, 0.717) is 11.5 Å². The van der Waals surface area contributed by atoms with E-state index >= 15 is 0 Å². The summed E-state index contributed by atoms with van der Waals surface area (Å²) < 4.78 is 5.70. The van der Waals surface area contributed by atoms with E-state index < -0.39 is 0 Å². The Labute approximate surface area is 150 Å². The van der Waals surface area contributed by atoms with Gasteiger partial charge in [-0.2, -0.15) is 0 Å². The maximum Gasteiger partial charge on any atom is 0.265 e. The topological polar surface area (TPSA) is 63.8 Å². The van der Waals surface area contributed by atoms with Gasteiger partial charge in [-0.3, -0.25) is 4.79 Å². The summed E-state index contributed by atoms with van der Waals surface area (Å²) in [6.07, 6.45) is 1.96. The number of para-hydroxylation sites is 2. The number of carbonyl (C=O) groups excluding carboxylic acids is 1. The summed E-state index contributed by atoms with van der Waals surface area (Å²) in [4.78, 5) is 18.2. The molecule has 1 N–H and O–H groups in total. The number of carbonyl (C=O) groups is 1. The Morgan fingerprint density at radius 1 is 1.20 bits per heavy atom. The fourth-order valence-electron chi connectivity index (χ4n) is 2.33. The lowest BCUT2D eigenvalue weighted by atomic mass is 10.2. The number of anilines is 1. The first-order valence-electron chi connectivity index (χ1n) is 7.76. The van der Waals surface area contributed by atoms with Gasteiger partial charge in [0.1, 0.15) is 11.3 Å². The van der Waals surface area contributed by atoms with Crippen molar-refractivity contribution in [1.82, 2.24) is 0 Å². The summed E-state index contributed by atoms with van der Waals surface area (Å²) in [5, 5.41) is 7.79. The third-order valence-corrected chi connectivity index (χ3v) is 4.36. The van der Waals surface area contributed by atoms with Crippen LogP contribution >= 0.6 is 11.8 Å². The number of fused-ring (bicyclic) bond motifs is 1. The van der Waals surface area contributed by atoms with Crippen molar-refractivity contribution >= 4 is 40.0 Å². The van der Waals surface area contributed by atoms with Gasteiger partial charge < -0.3 is 14.6 Å². The van der Waals surface area contributed by atoms with Gasteiger partial charge in [-0.1, -0.05) is 35.5 Å². The molecule has 2 aromatic carbocycles. The van der Waals surface area contributed by atoms with E-state index in [0.717, 1.165) is 21.6 Å². The van der Waals surface area contributed by atoms with Gasteiger partial charge in [0.25, 0.3) is 5.91 Å². The Bertz CT molecular complexity index is 885. The van der Waals surface area contributed by atoms with Crippen molar-refractivity contribution in [3.05, 3.63) is 60.4 Å². The lowest BCUT2D eigenvalue weighted by Crippen LogP contribution is -2.17. The normalized spacial score (nSPS) is 11.5. The third kappa shape index (κ3) is 4.22. The molecule has 5 nitrogen and oxygen atoms in total. The van der Waals surface area contributed by atoms with Gasteiger partial charge in [0.05, 0.1) is 5.69 Å². The highest BCUT2D eigenvalue weighted by atomic mass is 32.2. The quantitative estimate of drug-likeness (QED) is 0.401. The molecule has 0 aliphatic rings. The zero-order chi connectivity index (χ0) is 17.6. The molecular weight excluding hydrogens is 336 g/mol. The molecule has 0 bridgehead atoms. The molecule has 0 saturated heterocycles. The number of rotatable bonds is 6. The van der Waals surface area contributed by atoms with Crippen molar-refractivity contribution in [1.29, 1.82) is 0 Å². The van der Waals surface area contributed by atoms with Crippen LogP contribution in [0.4, 0.5) is 5.69 Å². The summed E-state index contributed by atoms with van der Waals surface area (Å²) in [6.45, 7) is 1.61. The lowest BCUT2D eigenvalue weighted by Gasteiger charge is -2.08. The van der Waals surface area contributed by atoms with Crippen molar-refractivity contribution in [3.63, 3.8) is 0 Å². The largest absolute Gasteiger partial charge is 0.455 e. The second kappa shape index (κ2) is 7.90. The van der Waals surface area contributed by atoms with Gasteiger partial charge >= 0.3 is 0 Å². The first-order chi connectivity index (χ1) is 12.2. The smallest absolute Gasteiger partial charge is 0.265 e. The number of oxime groups is 1. The molecule has 3 aromatic rings. The molecule has 0 atom stereocenters. The van der Waals surface area contributed by atoms with E-state index in [1.165, 1.54) is 0 Å². The van der Waals surface area contributed by atoms with Gasteiger partial charge in [0.15, 0.2) is 12.4 Å². The molecule has 1 amide bonds. The molecule has 1 aromatic heterocycles. The van der Waals surface area contributed by atoms with Crippen molar-refractivity contribution in [3.8, 4) is 0 Å². The second-order valence-electron chi connectivity index (χ2n) is 5.35. The zero-order valence-electron chi connectivity index (χ0n) is 14.0. The molecule has 3 rings (SSSR count). The number of nitrogens with zero attached hydrogens (tertiary/aromatic N) is 1. The van der Waals surface area contributed by atoms with Crippen LogP contribution < -0.4 is 5.32 Å². The number of nitrogens with one attached hydrogen (secondary N) is 1. The van der Waals surface area contributed by atoms with Crippen LogP contribution in [0, 0.1) is 0 Å². The van der Waals surface area contributed by atoms with Crippen molar-refractivity contribution < 1.29 is 14.0 Å². The summed E-state index contributed by atoms with van der Waals surface area (Å²) in [5.41, 5.74) is 2.13. The average molecular weight is 354 g/mol. The molecular formula is C19H18N2O3S. The van der Waals surface area contributed by atoms with Crippen LogP contribution in [-0.4, -0.2) is 24.5 Å². The average Bonchev–Trinajstić information content (AvgIpc) is 3.06. The maximum atomic E-state index is 12.0. The first-order valence-corrected chi connectivity index (χ1v) is 8.98. The number of furan rings is 1. The Morgan fingerprint density at radius 2 is 1.96 bits per heavy atom. The molecule has 6 heteroatoms. The monoisotopic (exact) mass is 354 g/mol. The fraction of sp³-hybridized carbons (Fsp3) is 0.158. The molecule has 0 spiro atoms. The van der Waals surface area contributed by atoms with Crippen LogP contribution in [0.15, 0.2) is 69.1 Å². The van der Waals surface area contributed by atoms with E-state index in [4.69, 9.17) is 9.25 Å². The molecule has 0 aliphatic carbocycles. The highest BCUT2D eigenvalue weighted by Crippen LogP contribution is 2.24. The Morgan fingerprint density at radius 3 is 2.76 bits per heavy atom. The molecule has 1 heterocycles. The fourth-order valence-corrected chi connectivity index (χ4v) is 2.88. The minimum Gasteiger partial charge on any atom is -0.455 e. The Hall–Kier alpha value is -2.73. The van der Waals surface area contributed by atoms with Gasteiger partial charge in [0.2, 0.25) is 0 Å². The van der Waals surface area contributed by atoms with E-state index in [9.17, 15) is 4.79 Å². The first kappa shape index (κ1) is 17.1. The van der Waals surface area contributed by atoms with Crippen LogP contribution in [0.25, 0.3) is 11.0 Å².